The molecule has 0 spiro atoms. The van der Waals surface area contributed by atoms with Gasteiger partial charge in [-0.15, -0.1) is 0 Å². The number of fused-ring (bicyclic) bond motifs is 1. The van der Waals surface area contributed by atoms with Gasteiger partial charge in [0, 0.05) is 36.7 Å². The van der Waals surface area contributed by atoms with Crippen LogP contribution < -0.4 is 4.90 Å². The molecule has 0 bridgehead atoms. The molecule has 3 heterocycles. The van der Waals surface area contributed by atoms with Gasteiger partial charge in [0.2, 0.25) is 0 Å². The van der Waals surface area contributed by atoms with Crippen molar-refractivity contribution in [3.63, 3.8) is 0 Å². The molecule has 120 valence electrons. The van der Waals surface area contributed by atoms with Crippen LogP contribution in [0.25, 0.3) is 16.9 Å². The van der Waals surface area contributed by atoms with Crippen molar-refractivity contribution in [1.29, 1.82) is 0 Å². The third-order valence-electron chi connectivity index (χ3n) is 4.31. The van der Waals surface area contributed by atoms with Crippen LogP contribution in [-0.2, 0) is 0 Å². The Bertz CT molecular complexity index is 765. The van der Waals surface area contributed by atoms with Gasteiger partial charge in [-0.05, 0) is 43.5 Å². The van der Waals surface area contributed by atoms with Crippen molar-refractivity contribution in [1.82, 2.24) is 9.38 Å². The zero-order valence-corrected chi connectivity index (χ0v) is 14.3. The SMILES string of the molecule is CC.Cc1cccn2cc(-c3ccc(N4CCCC4)cc3)nc12. The second kappa shape index (κ2) is 6.86. The summed E-state index contributed by atoms with van der Waals surface area (Å²) in [6.45, 7) is 8.47. The summed E-state index contributed by atoms with van der Waals surface area (Å²) in [5, 5.41) is 0. The Hall–Kier alpha value is -2.29. The third-order valence-corrected chi connectivity index (χ3v) is 4.31. The van der Waals surface area contributed by atoms with Crippen molar-refractivity contribution < 1.29 is 0 Å². The van der Waals surface area contributed by atoms with Gasteiger partial charge >= 0.3 is 0 Å². The number of nitrogens with zero attached hydrogens (tertiary/aromatic N) is 3. The van der Waals surface area contributed by atoms with Crippen LogP contribution in [0.1, 0.15) is 32.3 Å². The molecule has 4 rings (SSSR count). The number of rotatable bonds is 2. The van der Waals surface area contributed by atoms with E-state index in [1.165, 1.54) is 42.7 Å². The molecule has 0 amide bonds. The Balaban J connectivity index is 0.000000753. The van der Waals surface area contributed by atoms with Crippen molar-refractivity contribution >= 4 is 11.3 Å². The first-order valence-electron chi connectivity index (χ1n) is 8.61. The van der Waals surface area contributed by atoms with E-state index < -0.39 is 0 Å². The molecule has 0 aliphatic carbocycles. The summed E-state index contributed by atoms with van der Waals surface area (Å²) in [5.41, 5.74) is 5.79. The van der Waals surface area contributed by atoms with Crippen molar-refractivity contribution in [2.75, 3.05) is 18.0 Å². The number of aryl methyl sites for hydroxylation is 1. The molecule has 0 saturated carbocycles. The zero-order valence-electron chi connectivity index (χ0n) is 14.3. The van der Waals surface area contributed by atoms with Gasteiger partial charge in [0.1, 0.15) is 5.65 Å². The molecular formula is C20H25N3. The Morgan fingerprint density at radius 3 is 2.30 bits per heavy atom. The van der Waals surface area contributed by atoms with E-state index in [-0.39, 0.29) is 0 Å². The highest BCUT2D eigenvalue weighted by Crippen LogP contribution is 2.25. The van der Waals surface area contributed by atoms with E-state index in [0.717, 1.165) is 11.3 Å². The Labute approximate surface area is 138 Å². The molecule has 1 aromatic carbocycles. The van der Waals surface area contributed by atoms with E-state index in [1.54, 1.807) is 0 Å². The van der Waals surface area contributed by atoms with Gasteiger partial charge in [-0.2, -0.15) is 0 Å². The molecule has 3 nitrogen and oxygen atoms in total. The molecule has 0 unspecified atom stereocenters. The molecule has 1 aliphatic rings. The van der Waals surface area contributed by atoms with E-state index in [2.05, 4.69) is 65.0 Å². The van der Waals surface area contributed by atoms with Crippen LogP contribution in [0.5, 0.6) is 0 Å². The quantitative estimate of drug-likeness (QED) is 0.668. The first-order chi connectivity index (χ1) is 11.3. The molecule has 0 N–H and O–H groups in total. The highest BCUT2D eigenvalue weighted by atomic mass is 15.1. The fourth-order valence-electron chi connectivity index (χ4n) is 3.11. The van der Waals surface area contributed by atoms with E-state index in [1.807, 2.05) is 13.8 Å². The van der Waals surface area contributed by atoms with Crippen LogP contribution >= 0.6 is 0 Å². The Morgan fingerprint density at radius 1 is 0.957 bits per heavy atom. The molecule has 0 radical (unpaired) electrons. The average Bonchev–Trinajstić information content (AvgIpc) is 3.27. The average molecular weight is 307 g/mol. The maximum atomic E-state index is 4.76. The van der Waals surface area contributed by atoms with Crippen LogP contribution in [0.15, 0.2) is 48.8 Å². The molecule has 2 aromatic heterocycles. The molecular weight excluding hydrogens is 282 g/mol. The van der Waals surface area contributed by atoms with E-state index in [0.29, 0.717) is 0 Å². The molecule has 1 fully saturated rings. The van der Waals surface area contributed by atoms with Gasteiger partial charge in [-0.1, -0.05) is 32.0 Å². The normalized spacial score (nSPS) is 14.0. The lowest BCUT2D eigenvalue weighted by Gasteiger charge is -2.17. The third kappa shape index (κ3) is 3.09. The van der Waals surface area contributed by atoms with E-state index in [4.69, 9.17) is 4.98 Å². The smallest absolute Gasteiger partial charge is 0.140 e. The highest BCUT2D eigenvalue weighted by molar-refractivity contribution is 5.66. The van der Waals surface area contributed by atoms with E-state index in [9.17, 15) is 0 Å². The van der Waals surface area contributed by atoms with Crippen molar-refractivity contribution in [3.05, 3.63) is 54.4 Å². The van der Waals surface area contributed by atoms with Crippen molar-refractivity contribution in [3.8, 4) is 11.3 Å². The molecule has 1 aliphatic heterocycles. The fourth-order valence-corrected chi connectivity index (χ4v) is 3.11. The van der Waals surface area contributed by atoms with Crippen LogP contribution in [-0.4, -0.2) is 22.5 Å². The summed E-state index contributed by atoms with van der Waals surface area (Å²) >= 11 is 0. The first kappa shape index (κ1) is 15.6. The van der Waals surface area contributed by atoms with Gasteiger partial charge in [0.05, 0.1) is 5.69 Å². The van der Waals surface area contributed by atoms with Gasteiger partial charge in [0.25, 0.3) is 0 Å². The molecule has 1 saturated heterocycles. The van der Waals surface area contributed by atoms with Crippen LogP contribution in [0, 0.1) is 6.92 Å². The largest absolute Gasteiger partial charge is 0.372 e. The summed E-state index contributed by atoms with van der Waals surface area (Å²) < 4.78 is 2.10. The fraction of sp³-hybridized carbons (Fsp3) is 0.350. The number of imidazole rings is 1. The lowest BCUT2D eigenvalue weighted by molar-refractivity contribution is 0.949. The Morgan fingerprint density at radius 2 is 1.65 bits per heavy atom. The second-order valence-corrected chi connectivity index (χ2v) is 5.79. The van der Waals surface area contributed by atoms with Crippen molar-refractivity contribution in [2.24, 2.45) is 0 Å². The number of hydrogen-bond acceptors (Lipinski definition) is 2. The maximum Gasteiger partial charge on any atom is 0.140 e. The Kier molecular flexibility index (Phi) is 4.65. The van der Waals surface area contributed by atoms with Gasteiger partial charge in [-0.25, -0.2) is 4.98 Å². The predicted molar refractivity (Wildman–Crippen MR) is 98.2 cm³/mol. The molecule has 0 atom stereocenters. The standard InChI is InChI=1S/C18H19N3.C2H6/c1-14-5-4-12-21-13-17(19-18(14)21)15-6-8-16(9-7-15)20-10-2-3-11-20;1-2/h4-9,12-13H,2-3,10-11H2,1H3;1-2H3. The summed E-state index contributed by atoms with van der Waals surface area (Å²) in [5.74, 6) is 0. The summed E-state index contributed by atoms with van der Waals surface area (Å²) in [6.07, 6.45) is 6.78. The summed E-state index contributed by atoms with van der Waals surface area (Å²) in [7, 11) is 0. The van der Waals surface area contributed by atoms with E-state index >= 15 is 0 Å². The second-order valence-electron chi connectivity index (χ2n) is 5.79. The minimum absolute atomic E-state index is 1.04. The van der Waals surface area contributed by atoms with Gasteiger partial charge < -0.3 is 9.30 Å². The number of benzene rings is 1. The summed E-state index contributed by atoms with van der Waals surface area (Å²) in [4.78, 5) is 7.21. The lowest BCUT2D eigenvalue weighted by atomic mass is 10.1. The number of pyridine rings is 1. The van der Waals surface area contributed by atoms with Crippen molar-refractivity contribution in [2.45, 2.75) is 33.6 Å². The number of anilines is 1. The minimum Gasteiger partial charge on any atom is -0.372 e. The van der Waals surface area contributed by atoms with Crippen LogP contribution in [0.4, 0.5) is 5.69 Å². The van der Waals surface area contributed by atoms with Gasteiger partial charge in [0.15, 0.2) is 0 Å². The predicted octanol–water partition coefficient (Wildman–Crippen LogP) is 4.94. The number of hydrogen-bond donors (Lipinski definition) is 0. The molecule has 3 aromatic rings. The summed E-state index contributed by atoms with van der Waals surface area (Å²) in [6, 6.07) is 13.0. The molecule has 23 heavy (non-hydrogen) atoms. The highest BCUT2D eigenvalue weighted by Gasteiger charge is 2.12. The number of aromatic nitrogens is 2. The van der Waals surface area contributed by atoms with Gasteiger partial charge in [-0.3, -0.25) is 0 Å². The van der Waals surface area contributed by atoms with Crippen LogP contribution in [0.2, 0.25) is 0 Å². The first-order valence-corrected chi connectivity index (χ1v) is 8.61. The van der Waals surface area contributed by atoms with Crippen LogP contribution in [0.3, 0.4) is 0 Å². The molecule has 3 heteroatoms. The lowest BCUT2D eigenvalue weighted by Crippen LogP contribution is -2.17. The zero-order chi connectivity index (χ0) is 16.2. The maximum absolute atomic E-state index is 4.76. The monoisotopic (exact) mass is 307 g/mol. The topological polar surface area (TPSA) is 20.5 Å². The minimum atomic E-state index is 1.04.